The molecule has 25 heavy (non-hydrogen) atoms. The number of carbonyl (C=O) groups excluding carboxylic acids is 2. The van der Waals surface area contributed by atoms with Crippen molar-refractivity contribution >= 4 is 11.8 Å². The van der Waals surface area contributed by atoms with Crippen LogP contribution >= 0.6 is 0 Å². The van der Waals surface area contributed by atoms with Crippen LogP contribution in [0.1, 0.15) is 50.4 Å². The first-order valence-corrected chi connectivity index (χ1v) is 9.08. The lowest BCUT2D eigenvalue weighted by Crippen LogP contribution is -2.48. The molecule has 6 heteroatoms. The summed E-state index contributed by atoms with van der Waals surface area (Å²) in [6.45, 7) is 7.95. The zero-order chi connectivity index (χ0) is 18.2. The van der Waals surface area contributed by atoms with Crippen molar-refractivity contribution in [2.24, 2.45) is 5.92 Å². The maximum atomic E-state index is 12.4. The van der Waals surface area contributed by atoms with Crippen LogP contribution in [-0.2, 0) is 9.53 Å². The predicted molar refractivity (Wildman–Crippen MR) is 96.2 cm³/mol. The molecule has 0 radical (unpaired) electrons. The van der Waals surface area contributed by atoms with Crippen LogP contribution in [0.5, 0.6) is 0 Å². The Hall–Kier alpha value is -1.95. The number of hydrogen-bond acceptors (Lipinski definition) is 4. The fourth-order valence-electron chi connectivity index (χ4n) is 2.78. The van der Waals surface area contributed by atoms with Crippen LogP contribution < -0.4 is 5.32 Å². The molecule has 0 spiro atoms. The summed E-state index contributed by atoms with van der Waals surface area (Å²) in [5.74, 6) is 0.526. The largest absolute Gasteiger partial charge is 0.369 e. The van der Waals surface area contributed by atoms with Crippen molar-refractivity contribution in [1.29, 1.82) is 0 Å². The number of likely N-dealkylation sites (tertiary alicyclic amines) is 1. The number of amides is 2. The molecule has 1 aliphatic heterocycles. The number of nitrogens with zero attached hydrogens (tertiary/aromatic N) is 2. The number of pyridine rings is 1. The number of piperidine rings is 1. The minimum atomic E-state index is -0.435. The molecule has 0 bridgehead atoms. The van der Waals surface area contributed by atoms with Gasteiger partial charge in [0.25, 0.3) is 5.91 Å². The first-order chi connectivity index (χ1) is 12.0. The summed E-state index contributed by atoms with van der Waals surface area (Å²) >= 11 is 0. The topological polar surface area (TPSA) is 71.5 Å². The molecule has 1 aliphatic rings. The Morgan fingerprint density at radius 3 is 2.48 bits per heavy atom. The summed E-state index contributed by atoms with van der Waals surface area (Å²) in [5.41, 5.74) is 0.657. The lowest BCUT2D eigenvalue weighted by atomic mass is 10.0. The highest BCUT2D eigenvalue weighted by atomic mass is 16.5. The minimum Gasteiger partial charge on any atom is -0.369 e. The molecule has 138 valence electrons. The average molecular weight is 347 g/mol. The molecule has 0 saturated carbocycles. The Kier molecular flexibility index (Phi) is 7.37. The average Bonchev–Trinajstić information content (AvgIpc) is 2.62. The monoisotopic (exact) mass is 347 g/mol. The maximum absolute atomic E-state index is 12.4. The molecule has 1 saturated heterocycles. The molecule has 0 unspecified atom stereocenters. The van der Waals surface area contributed by atoms with Gasteiger partial charge < -0.3 is 15.0 Å². The summed E-state index contributed by atoms with van der Waals surface area (Å²) < 4.78 is 5.59. The number of rotatable bonds is 7. The Bertz CT molecular complexity index is 554. The molecule has 1 aromatic heterocycles. The van der Waals surface area contributed by atoms with Gasteiger partial charge in [-0.05, 0) is 44.2 Å². The van der Waals surface area contributed by atoms with Crippen LogP contribution in [0.15, 0.2) is 24.5 Å². The highest BCUT2D eigenvalue weighted by molar-refractivity contribution is 5.94. The SMILES string of the molecule is CC(C)CCO[C@H](C)C(=O)NC1CCN(C(=O)c2ccncc2)CC1. The van der Waals surface area contributed by atoms with E-state index in [9.17, 15) is 9.59 Å². The van der Waals surface area contributed by atoms with Crippen LogP contribution in [0.25, 0.3) is 0 Å². The zero-order valence-electron chi connectivity index (χ0n) is 15.4. The number of carbonyl (C=O) groups is 2. The normalized spacial score (nSPS) is 16.7. The van der Waals surface area contributed by atoms with Crippen molar-refractivity contribution < 1.29 is 14.3 Å². The quantitative estimate of drug-likeness (QED) is 0.821. The van der Waals surface area contributed by atoms with Gasteiger partial charge in [-0.15, -0.1) is 0 Å². The van der Waals surface area contributed by atoms with E-state index >= 15 is 0 Å². The van der Waals surface area contributed by atoms with Crippen LogP contribution in [-0.4, -0.2) is 53.5 Å². The van der Waals surface area contributed by atoms with Crippen molar-refractivity contribution in [1.82, 2.24) is 15.2 Å². The van der Waals surface area contributed by atoms with Crippen molar-refractivity contribution in [3.8, 4) is 0 Å². The Labute approximate surface area is 150 Å². The highest BCUT2D eigenvalue weighted by Crippen LogP contribution is 2.14. The van der Waals surface area contributed by atoms with E-state index in [1.165, 1.54) is 0 Å². The van der Waals surface area contributed by atoms with Crippen LogP contribution in [0.4, 0.5) is 0 Å². The van der Waals surface area contributed by atoms with Crippen molar-refractivity contribution in [3.63, 3.8) is 0 Å². The van der Waals surface area contributed by atoms with Gasteiger partial charge in [0.15, 0.2) is 0 Å². The molecule has 1 N–H and O–H groups in total. The summed E-state index contributed by atoms with van der Waals surface area (Å²) in [4.78, 5) is 30.4. The second-order valence-corrected chi connectivity index (χ2v) is 7.01. The maximum Gasteiger partial charge on any atom is 0.253 e. The third-order valence-electron chi connectivity index (χ3n) is 4.49. The molecule has 0 aromatic carbocycles. The van der Waals surface area contributed by atoms with Gasteiger partial charge in [0.05, 0.1) is 0 Å². The van der Waals surface area contributed by atoms with Gasteiger partial charge >= 0.3 is 0 Å². The fourth-order valence-corrected chi connectivity index (χ4v) is 2.78. The van der Waals surface area contributed by atoms with Gasteiger partial charge in [0.1, 0.15) is 6.10 Å². The summed E-state index contributed by atoms with van der Waals surface area (Å²) in [5, 5.41) is 3.04. The number of aromatic nitrogens is 1. The third-order valence-corrected chi connectivity index (χ3v) is 4.49. The van der Waals surface area contributed by atoms with Crippen molar-refractivity contribution in [2.45, 2.75) is 52.2 Å². The van der Waals surface area contributed by atoms with E-state index in [1.807, 2.05) is 4.90 Å². The van der Waals surface area contributed by atoms with Crippen LogP contribution in [0, 0.1) is 5.92 Å². The third kappa shape index (κ3) is 6.12. The summed E-state index contributed by atoms with van der Waals surface area (Å²) in [6, 6.07) is 3.56. The van der Waals surface area contributed by atoms with Gasteiger partial charge in [-0.25, -0.2) is 0 Å². The second kappa shape index (κ2) is 9.51. The van der Waals surface area contributed by atoms with Gasteiger partial charge in [-0.2, -0.15) is 0 Å². The van der Waals surface area contributed by atoms with Crippen molar-refractivity contribution in [2.75, 3.05) is 19.7 Å². The van der Waals surface area contributed by atoms with E-state index in [2.05, 4.69) is 24.1 Å². The Balaban J connectivity index is 1.73. The molecule has 1 aromatic rings. The van der Waals surface area contributed by atoms with Gasteiger partial charge in [0, 0.05) is 43.7 Å². The molecular weight excluding hydrogens is 318 g/mol. The highest BCUT2D eigenvalue weighted by Gasteiger charge is 2.26. The Morgan fingerprint density at radius 1 is 1.24 bits per heavy atom. The fraction of sp³-hybridized carbons (Fsp3) is 0.632. The number of ether oxygens (including phenoxy) is 1. The molecular formula is C19H29N3O3. The van der Waals surface area contributed by atoms with Crippen molar-refractivity contribution in [3.05, 3.63) is 30.1 Å². The molecule has 2 amide bonds. The van der Waals surface area contributed by atoms with E-state index in [1.54, 1.807) is 31.5 Å². The zero-order valence-corrected chi connectivity index (χ0v) is 15.4. The van der Waals surface area contributed by atoms with E-state index in [4.69, 9.17) is 4.74 Å². The number of nitrogens with one attached hydrogen (secondary N) is 1. The standard InChI is InChI=1S/C19H29N3O3/c1-14(2)8-13-25-15(3)18(23)21-17-6-11-22(12-7-17)19(24)16-4-9-20-10-5-16/h4-5,9-10,14-15,17H,6-8,11-13H2,1-3H3,(H,21,23)/t15-/m1/s1. The summed E-state index contributed by atoms with van der Waals surface area (Å²) in [6.07, 6.45) is 5.30. The van der Waals surface area contributed by atoms with Gasteiger partial charge in [-0.1, -0.05) is 13.8 Å². The molecule has 2 rings (SSSR count). The van der Waals surface area contributed by atoms with E-state index < -0.39 is 6.10 Å². The molecule has 1 atom stereocenters. The minimum absolute atomic E-state index is 0.0255. The lowest BCUT2D eigenvalue weighted by Gasteiger charge is -2.33. The summed E-state index contributed by atoms with van der Waals surface area (Å²) in [7, 11) is 0. The predicted octanol–water partition coefficient (Wildman–Crippen LogP) is 2.25. The Morgan fingerprint density at radius 2 is 1.88 bits per heavy atom. The van der Waals surface area contributed by atoms with Crippen LogP contribution in [0.3, 0.4) is 0 Å². The van der Waals surface area contributed by atoms with Gasteiger partial charge in [-0.3, -0.25) is 14.6 Å². The first-order valence-electron chi connectivity index (χ1n) is 9.08. The second-order valence-electron chi connectivity index (χ2n) is 7.01. The first kappa shape index (κ1) is 19.4. The van der Waals surface area contributed by atoms with Crippen LogP contribution in [0.2, 0.25) is 0 Å². The number of hydrogen-bond donors (Lipinski definition) is 1. The molecule has 2 heterocycles. The molecule has 6 nitrogen and oxygen atoms in total. The van der Waals surface area contributed by atoms with E-state index in [0.717, 1.165) is 19.3 Å². The molecule has 0 aliphatic carbocycles. The molecule has 1 fully saturated rings. The van der Waals surface area contributed by atoms with Gasteiger partial charge in [0.2, 0.25) is 5.91 Å². The lowest BCUT2D eigenvalue weighted by molar-refractivity contribution is -0.132. The smallest absolute Gasteiger partial charge is 0.253 e. The van der Waals surface area contributed by atoms with E-state index in [0.29, 0.717) is 31.2 Å². The van der Waals surface area contributed by atoms with E-state index in [-0.39, 0.29) is 17.9 Å².